The monoisotopic (exact) mass is 244 g/mol. The first-order chi connectivity index (χ1) is 7.83. The van der Waals surface area contributed by atoms with E-state index in [9.17, 15) is 8.78 Å². The lowest BCUT2D eigenvalue weighted by atomic mass is 10.0. The molecule has 1 aromatic rings. The van der Waals surface area contributed by atoms with E-state index in [1.807, 2.05) is 6.92 Å². The van der Waals surface area contributed by atoms with Crippen molar-refractivity contribution in [2.75, 3.05) is 6.61 Å². The van der Waals surface area contributed by atoms with Crippen LogP contribution in [0.2, 0.25) is 0 Å². The van der Waals surface area contributed by atoms with Crippen molar-refractivity contribution in [3.05, 3.63) is 29.3 Å². The lowest BCUT2D eigenvalue weighted by molar-refractivity contribution is -0.0232. The summed E-state index contributed by atoms with van der Waals surface area (Å²) < 4.78 is 30.4. The van der Waals surface area contributed by atoms with Crippen LogP contribution in [-0.2, 0) is 6.54 Å². The Morgan fingerprint density at radius 3 is 2.53 bits per heavy atom. The number of hydrogen-bond acceptors (Lipinski definition) is 3. The lowest BCUT2D eigenvalue weighted by Gasteiger charge is -2.16. The number of rotatable bonds is 5. The Labute approximate surface area is 99.7 Å². The Balaban J connectivity index is 2.86. The summed E-state index contributed by atoms with van der Waals surface area (Å²) in [4.78, 5) is 0. The van der Waals surface area contributed by atoms with Gasteiger partial charge in [0.1, 0.15) is 5.75 Å². The van der Waals surface area contributed by atoms with Crippen molar-refractivity contribution < 1.29 is 13.5 Å². The average Bonchev–Trinajstić information content (AvgIpc) is 2.24. The highest BCUT2D eigenvalue weighted by Gasteiger charge is 2.22. The normalized spacial score (nSPS) is 13.5. The molecule has 0 aliphatic heterocycles. The molecule has 17 heavy (non-hydrogen) atoms. The third kappa shape index (κ3) is 4.28. The molecule has 1 unspecified atom stereocenters. The number of halogens is 2. The van der Waals surface area contributed by atoms with Gasteiger partial charge in [-0.05, 0) is 24.6 Å². The molecule has 1 atom stereocenters. The molecule has 1 rings (SSSR count). The highest BCUT2D eigenvalue weighted by Crippen LogP contribution is 2.24. The highest BCUT2D eigenvalue weighted by molar-refractivity contribution is 5.38. The maximum atomic E-state index is 12.7. The van der Waals surface area contributed by atoms with Gasteiger partial charge in [0, 0.05) is 25.1 Å². The van der Waals surface area contributed by atoms with E-state index in [-0.39, 0.29) is 12.6 Å². The largest absolute Gasteiger partial charge is 0.487 e. The minimum absolute atomic E-state index is 0.123. The fourth-order valence-corrected chi connectivity index (χ4v) is 1.39. The van der Waals surface area contributed by atoms with E-state index in [2.05, 4.69) is 0 Å². The second-order valence-corrected chi connectivity index (χ2v) is 4.22. The summed E-state index contributed by atoms with van der Waals surface area (Å²) in [7, 11) is 0. The maximum Gasteiger partial charge on any atom is 0.278 e. The molecule has 0 amide bonds. The fourth-order valence-electron chi connectivity index (χ4n) is 1.39. The minimum atomic E-state index is -2.86. The topological polar surface area (TPSA) is 61.3 Å². The van der Waals surface area contributed by atoms with Crippen molar-refractivity contribution in [3.8, 4) is 5.75 Å². The molecule has 0 saturated carbocycles. The molecule has 5 heteroatoms. The second-order valence-electron chi connectivity index (χ2n) is 4.22. The van der Waals surface area contributed by atoms with E-state index < -0.39 is 12.5 Å². The highest BCUT2D eigenvalue weighted by atomic mass is 19.3. The van der Waals surface area contributed by atoms with Gasteiger partial charge in [0.2, 0.25) is 0 Å². The van der Waals surface area contributed by atoms with Gasteiger partial charge in [-0.2, -0.15) is 0 Å². The first-order valence-electron chi connectivity index (χ1n) is 5.42. The van der Waals surface area contributed by atoms with E-state index in [0.717, 1.165) is 12.5 Å². The Morgan fingerprint density at radius 2 is 2.06 bits per heavy atom. The van der Waals surface area contributed by atoms with E-state index in [1.165, 1.54) is 0 Å². The Hall–Kier alpha value is -1.20. The summed E-state index contributed by atoms with van der Waals surface area (Å²) in [6.45, 7) is 2.23. The molecule has 0 aliphatic carbocycles. The molecule has 96 valence electrons. The molecule has 0 saturated heterocycles. The van der Waals surface area contributed by atoms with Gasteiger partial charge in [0.15, 0.2) is 6.61 Å². The Morgan fingerprint density at radius 1 is 1.41 bits per heavy atom. The van der Waals surface area contributed by atoms with E-state index >= 15 is 0 Å². The number of alkyl halides is 2. The molecule has 0 bridgehead atoms. The predicted molar refractivity (Wildman–Crippen MR) is 63.1 cm³/mol. The number of benzene rings is 1. The van der Waals surface area contributed by atoms with Gasteiger partial charge in [-0.25, -0.2) is 8.78 Å². The molecule has 0 aromatic heterocycles. The minimum Gasteiger partial charge on any atom is -0.487 e. The summed E-state index contributed by atoms with van der Waals surface area (Å²) >= 11 is 0. The summed E-state index contributed by atoms with van der Waals surface area (Å²) in [5, 5.41) is 0. The van der Waals surface area contributed by atoms with Crippen LogP contribution < -0.4 is 16.2 Å². The molecule has 0 spiro atoms. The molecular formula is C12H18F2N2O. The average molecular weight is 244 g/mol. The van der Waals surface area contributed by atoms with Crippen LogP contribution in [0.3, 0.4) is 0 Å². The summed E-state index contributed by atoms with van der Waals surface area (Å²) in [5.74, 6) is -2.47. The maximum absolute atomic E-state index is 12.7. The molecule has 3 nitrogen and oxygen atoms in total. The van der Waals surface area contributed by atoms with E-state index in [4.69, 9.17) is 16.2 Å². The van der Waals surface area contributed by atoms with Crippen molar-refractivity contribution in [2.24, 2.45) is 11.5 Å². The van der Waals surface area contributed by atoms with Gasteiger partial charge in [-0.1, -0.05) is 6.07 Å². The van der Waals surface area contributed by atoms with Crippen molar-refractivity contribution in [1.82, 2.24) is 0 Å². The third-order valence-electron chi connectivity index (χ3n) is 2.31. The zero-order chi connectivity index (χ0) is 13.1. The van der Waals surface area contributed by atoms with Crippen molar-refractivity contribution >= 4 is 0 Å². The van der Waals surface area contributed by atoms with E-state index in [0.29, 0.717) is 11.3 Å². The van der Waals surface area contributed by atoms with Crippen molar-refractivity contribution in [2.45, 2.75) is 32.4 Å². The van der Waals surface area contributed by atoms with Crippen LogP contribution >= 0.6 is 0 Å². The van der Waals surface area contributed by atoms with E-state index in [1.54, 1.807) is 18.2 Å². The third-order valence-corrected chi connectivity index (χ3v) is 2.31. The molecule has 0 aliphatic rings. The van der Waals surface area contributed by atoms with Crippen LogP contribution in [0.15, 0.2) is 18.2 Å². The van der Waals surface area contributed by atoms with Crippen molar-refractivity contribution in [3.63, 3.8) is 0 Å². The zero-order valence-corrected chi connectivity index (χ0v) is 10.0. The van der Waals surface area contributed by atoms with Crippen LogP contribution in [0, 0.1) is 0 Å². The molecular weight excluding hydrogens is 226 g/mol. The lowest BCUT2D eigenvalue weighted by Crippen LogP contribution is -2.21. The molecule has 0 fully saturated rings. The SMILES string of the molecule is CC(N)c1ccc(OCC(C)(F)F)c(CN)c1. The Kier molecular flexibility index (Phi) is 4.42. The smallest absolute Gasteiger partial charge is 0.278 e. The van der Waals surface area contributed by atoms with Crippen LogP contribution in [0.4, 0.5) is 8.78 Å². The Bertz CT molecular complexity index is 375. The van der Waals surface area contributed by atoms with Crippen molar-refractivity contribution in [1.29, 1.82) is 0 Å². The summed E-state index contributed by atoms with van der Waals surface area (Å²) in [6.07, 6.45) is 0. The van der Waals surface area contributed by atoms with Crippen LogP contribution in [0.25, 0.3) is 0 Å². The molecule has 4 N–H and O–H groups in total. The molecule has 0 heterocycles. The first-order valence-corrected chi connectivity index (χ1v) is 5.42. The van der Waals surface area contributed by atoms with Gasteiger partial charge in [0.25, 0.3) is 5.92 Å². The van der Waals surface area contributed by atoms with Gasteiger partial charge in [0.05, 0.1) is 0 Å². The number of ether oxygens (including phenoxy) is 1. The summed E-state index contributed by atoms with van der Waals surface area (Å²) in [5.41, 5.74) is 12.9. The summed E-state index contributed by atoms with van der Waals surface area (Å²) in [6, 6.07) is 5.05. The standard InChI is InChI=1S/C12H18F2N2O/c1-8(16)9-3-4-11(10(5-9)6-15)17-7-12(2,13)14/h3-5,8H,6-7,15-16H2,1-2H3. The van der Waals surface area contributed by atoms with Crippen LogP contribution in [0.1, 0.15) is 31.0 Å². The van der Waals surface area contributed by atoms with Gasteiger partial charge < -0.3 is 16.2 Å². The van der Waals surface area contributed by atoms with Crippen LogP contribution in [-0.4, -0.2) is 12.5 Å². The molecule has 1 aromatic carbocycles. The zero-order valence-electron chi connectivity index (χ0n) is 10.0. The molecule has 0 radical (unpaired) electrons. The van der Waals surface area contributed by atoms with Crippen LogP contribution in [0.5, 0.6) is 5.75 Å². The predicted octanol–water partition coefficient (Wildman–Crippen LogP) is 2.20. The number of nitrogens with two attached hydrogens (primary N) is 2. The van der Waals surface area contributed by atoms with Gasteiger partial charge in [-0.15, -0.1) is 0 Å². The first kappa shape index (κ1) is 13.9. The van der Waals surface area contributed by atoms with Gasteiger partial charge in [-0.3, -0.25) is 0 Å². The number of hydrogen-bond donors (Lipinski definition) is 2. The van der Waals surface area contributed by atoms with Gasteiger partial charge >= 0.3 is 0 Å². The fraction of sp³-hybridized carbons (Fsp3) is 0.500. The second kappa shape index (κ2) is 5.42. The quantitative estimate of drug-likeness (QED) is 0.834.